The molecule has 31 heavy (non-hydrogen) atoms. The van der Waals surface area contributed by atoms with Gasteiger partial charge in [0.15, 0.2) is 5.78 Å². The molecule has 1 unspecified atom stereocenters. The van der Waals surface area contributed by atoms with Crippen molar-refractivity contribution >= 4 is 23.5 Å². The van der Waals surface area contributed by atoms with Crippen molar-refractivity contribution in [1.29, 1.82) is 0 Å². The number of hydrogen-bond acceptors (Lipinski definition) is 5. The Kier molecular flexibility index (Phi) is 8.55. The van der Waals surface area contributed by atoms with Gasteiger partial charge in [-0.2, -0.15) is 11.8 Å². The maximum Gasteiger partial charge on any atom is 0.223 e. The van der Waals surface area contributed by atoms with Crippen LogP contribution in [0.2, 0.25) is 0 Å². The fourth-order valence-electron chi connectivity index (χ4n) is 3.55. The molecule has 3 rings (SSSR count). The molecule has 0 radical (unpaired) electrons. The third kappa shape index (κ3) is 7.11. The third-order valence-electron chi connectivity index (χ3n) is 5.35. The molecule has 1 aliphatic heterocycles. The lowest BCUT2D eigenvalue weighted by Gasteiger charge is -2.33. The maximum absolute atomic E-state index is 12.6. The van der Waals surface area contributed by atoms with E-state index in [4.69, 9.17) is 9.47 Å². The Bertz CT molecular complexity index is 897. The fourth-order valence-corrected chi connectivity index (χ4v) is 4.44. The number of carbonyl (C=O) groups excluding carboxylic acids is 2. The lowest BCUT2D eigenvalue weighted by atomic mass is 10.1. The van der Waals surface area contributed by atoms with Crippen molar-refractivity contribution in [2.45, 2.75) is 39.0 Å². The molecular weight excluding hydrogens is 410 g/mol. The molecule has 0 spiro atoms. The third-order valence-corrected chi connectivity index (χ3v) is 6.38. The summed E-state index contributed by atoms with van der Waals surface area (Å²) in [5.41, 5.74) is 4.16. The van der Waals surface area contributed by atoms with E-state index in [0.29, 0.717) is 44.0 Å². The van der Waals surface area contributed by atoms with Gasteiger partial charge in [-0.15, -0.1) is 0 Å². The van der Waals surface area contributed by atoms with E-state index in [9.17, 15) is 9.59 Å². The van der Waals surface area contributed by atoms with Gasteiger partial charge >= 0.3 is 0 Å². The Labute approximate surface area is 189 Å². The molecule has 1 saturated heterocycles. The summed E-state index contributed by atoms with van der Waals surface area (Å²) in [5.74, 6) is 2.67. The van der Waals surface area contributed by atoms with Crippen LogP contribution in [0.3, 0.4) is 0 Å². The predicted molar refractivity (Wildman–Crippen MR) is 125 cm³/mol. The minimum Gasteiger partial charge on any atom is -0.491 e. The molecule has 1 fully saturated rings. The number of thioether (sulfide) groups is 1. The van der Waals surface area contributed by atoms with E-state index in [2.05, 4.69) is 31.2 Å². The van der Waals surface area contributed by atoms with Gasteiger partial charge in [-0.3, -0.25) is 9.59 Å². The van der Waals surface area contributed by atoms with Gasteiger partial charge in [-0.05, 0) is 50.1 Å². The zero-order valence-corrected chi connectivity index (χ0v) is 19.4. The van der Waals surface area contributed by atoms with Crippen LogP contribution in [0.1, 0.15) is 40.4 Å². The standard InChI is InChI=1S/C25H31NO4S/c1-18-4-6-21(7-5-18)17-31-13-10-25(28)26-11-12-29-23(15-26)16-30-22-8-9-24(20(3)27)19(2)14-22/h4-9,14,23H,10-13,15-17H2,1-3H3. The first-order chi connectivity index (χ1) is 14.9. The van der Waals surface area contributed by atoms with Crippen molar-refractivity contribution in [2.24, 2.45) is 0 Å². The molecule has 5 nitrogen and oxygen atoms in total. The number of carbonyl (C=O) groups is 2. The number of aryl methyl sites for hydroxylation is 2. The van der Waals surface area contributed by atoms with Crippen molar-refractivity contribution in [3.8, 4) is 5.75 Å². The van der Waals surface area contributed by atoms with Crippen molar-refractivity contribution in [1.82, 2.24) is 4.90 Å². The monoisotopic (exact) mass is 441 g/mol. The molecule has 1 amide bonds. The van der Waals surface area contributed by atoms with Crippen molar-refractivity contribution in [3.05, 3.63) is 64.7 Å². The first kappa shape index (κ1) is 23.4. The fraction of sp³-hybridized carbons (Fsp3) is 0.440. The summed E-state index contributed by atoms with van der Waals surface area (Å²) < 4.78 is 11.7. The van der Waals surface area contributed by atoms with Crippen LogP contribution in [-0.2, 0) is 15.3 Å². The van der Waals surface area contributed by atoms with Gasteiger partial charge in [0.1, 0.15) is 18.5 Å². The first-order valence-corrected chi connectivity index (χ1v) is 11.8. The van der Waals surface area contributed by atoms with Crippen LogP contribution < -0.4 is 4.74 Å². The lowest BCUT2D eigenvalue weighted by Crippen LogP contribution is -2.47. The van der Waals surface area contributed by atoms with E-state index in [1.165, 1.54) is 11.1 Å². The van der Waals surface area contributed by atoms with Gasteiger partial charge < -0.3 is 14.4 Å². The first-order valence-electron chi connectivity index (χ1n) is 10.7. The number of rotatable bonds is 9. The largest absolute Gasteiger partial charge is 0.491 e. The van der Waals surface area contributed by atoms with E-state index in [0.717, 1.165) is 17.1 Å². The van der Waals surface area contributed by atoms with Gasteiger partial charge in [0, 0.05) is 30.0 Å². The highest BCUT2D eigenvalue weighted by Crippen LogP contribution is 2.19. The molecule has 2 aromatic carbocycles. The molecule has 1 aliphatic rings. The van der Waals surface area contributed by atoms with E-state index in [1.807, 2.05) is 17.9 Å². The molecule has 0 N–H and O–H groups in total. The lowest BCUT2D eigenvalue weighted by molar-refractivity contribution is -0.139. The van der Waals surface area contributed by atoms with Gasteiger partial charge in [0.2, 0.25) is 5.91 Å². The maximum atomic E-state index is 12.6. The van der Waals surface area contributed by atoms with Gasteiger partial charge in [0.05, 0.1) is 13.2 Å². The summed E-state index contributed by atoms with van der Waals surface area (Å²) in [6.45, 7) is 7.63. The number of ketones is 1. The Morgan fingerprint density at radius 3 is 2.65 bits per heavy atom. The van der Waals surface area contributed by atoms with Crippen LogP contribution in [0.15, 0.2) is 42.5 Å². The van der Waals surface area contributed by atoms with Crippen molar-refractivity contribution in [3.63, 3.8) is 0 Å². The van der Waals surface area contributed by atoms with Gasteiger partial charge in [0.25, 0.3) is 0 Å². The summed E-state index contributed by atoms with van der Waals surface area (Å²) in [6, 6.07) is 14.0. The molecule has 1 atom stereocenters. The second kappa shape index (κ2) is 11.3. The van der Waals surface area contributed by atoms with Crippen LogP contribution in [0, 0.1) is 13.8 Å². The zero-order valence-electron chi connectivity index (χ0n) is 18.6. The van der Waals surface area contributed by atoms with E-state index in [1.54, 1.807) is 30.8 Å². The van der Waals surface area contributed by atoms with Gasteiger partial charge in [-0.25, -0.2) is 0 Å². The second-order valence-corrected chi connectivity index (χ2v) is 9.07. The van der Waals surface area contributed by atoms with Crippen LogP contribution in [0.25, 0.3) is 0 Å². The van der Waals surface area contributed by atoms with E-state index >= 15 is 0 Å². The molecule has 6 heteroatoms. The summed E-state index contributed by atoms with van der Waals surface area (Å²) in [6.07, 6.45) is 0.390. The summed E-state index contributed by atoms with van der Waals surface area (Å²) in [5, 5.41) is 0. The molecule has 0 aromatic heterocycles. The topological polar surface area (TPSA) is 55.8 Å². The number of ether oxygens (including phenoxy) is 2. The molecule has 0 bridgehead atoms. The molecular formula is C25H31NO4S. The molecule has 0 saturated carbocycles. The zero-order chi connectivity index (χ0) is 22.2. The average Bonchev–Trinajstić information content (AvgIpc) is 2.76. The molecule has 1 heterocycles. The number of nitrogens with zero attached hydrogens (tertiary/aromatic N) is 1. The normalized spacial score (nSPS) is 16.2. The Morgan fingerprint density at radius 1 is 1.16 bits per heavy atom. The SMILES string of the molecule is CC(=O)c1ccc(OCC2CN(C(=O)CCSCc3ccc(C)cc3)CCO2)cc1C. The average molecular weight is 442 g/mol. The molecule has 0 aliphatic carbocycles. The highest BCUT2D eigenvalue weighted by Gasteiger charge is 2.24. The Morgan fingerprint density at radius 2 is 1.94 bits per heavy atom. The number of hydrogen-bond donors (Lipinski definition) is 0. The number of amides is 1. The van der Waals surface area contributed by atoms with Crippen LogP contribution in [0.4, 0.5) is 0 Å². The highest BCUT2D eigenvalue weighted by atomic mass is 32.2. The smallest absolute Gasteiger partial charge is 0.223 e. The van der Waals surface area contributed by atoms with Crippen molar-refractivity contribution in [2.75, 3.05) is 32.1 Å². The second-order valence-electron chi connectivity index (χ2n) is 7.96. The van der Waals surface area contributed by atoms with E-state index < -0.39 is 0 Å². The van der Waals surface area contributed by atoms with Crippen LogP contribution >= 0.6 is 11.8 Å². The highest BCUT2D eigenvalue weighted by molar-refractivity contribution is 7.98. The summed E-state index contributed by atoms with van der Waals surface area (Å²) in [7, 11) is 0. The van der Waals surface area contributed by atoms with Crippen molar-refractivity contribution < 1.29 is 19.1 Å². The van der Waals surface area contributed by atoms with Gasteiger partial charge in [-0.1, -0.05) is 29.8 Å². The number of morpholine rings is 1. The van der Waals surface area contributed by atoms with E-state index in [-0.39, 0.29) is 17.8 Å². The molecule has 166 valence electrons. The van der Waals surface area contributed by atoms with Crippen LogP contribution in [0.5, 0.6) is 5.75 Å². The predicted octanol–water partition coefficient (Wildman–Crippen LogP) is 4.44. The number of Topliss-reactive ketones (excluding diaryl/α,β-unsaturated/α-hetero) is 1. The molecule has 2 aromatic rings. The number of benzene rings is 2. The Balaban J connectivity index is 1.40. The van der Waals surface area contributed by atoms with Crippen LogP contribution in [-0.4, -0.2) is 54.8 Å². The summed E-state index contributed by atoms with van der Waals surface area (Å²) >= 11 is 1.79. The summed E-state index contributed by atoms with van der Waals surface area (Å²) in [4.78, 5) is 26.0. The quantitative estimate of drug-likeness (QED) is 0.425. The Hall–Kier alpha value is -2.31. The minimum atomic E-state index is -0.147. The minimum absolute atomic E-state index is 0.0471.